The predicted molar refractivity (Wildman–Crippen MR) is 213 cm³/mol. The lowest BCUT2D eigenvalue weighted by Gasteiger charge is -2.32. The third-order valence-electron chi connectivity index (χ3n) is 9.17. The topological polar surface area (TPSA) is 155 Å². The lowest BCUT2D eigenvalue weighted by Crippen LogP contribution is -2.47. The van der Waals surface area contributed by atoms with E-state index in [9.17, 15) is 14.4 Å². The second-order valence-electron chi connectivity index (χ2n) is 12.8. The number of anilines is 2. The molecular weight excluding hydrogens is 721 g/mol. The van der Waals surface area contributed by atoms with Crippen molar-refractivity contribution in [3.63, 3.8) is 0 Å². The number of rotatable bonds is 16. The van der Waals surface area contributed by atoms with Crippen molar-refractivity contribution in [2.45, 2.75) is 32.6 Å². The molecule has 3 amide bonds. The van der Waals surface area contributed by atoms with Gasteiger partial charge in [0.15, 0.2) is 0 Å². The number of H-pyrrole nitrogens is 1. The van der Waals surface area contributed by atoms with Gasteiger partial charge in [-0.05, 0) is 69.1 Å². The van der Waals surface area contributed by atoms with Gasteiger partial charge in [-0.1, -0.05) is 18.2 Å². The second-order valence-corrected chi connectivity index (χ2v) is 12.8. The van der Waals surface area contributed by atoms with E-state index in [2.05, 4.69) is 22.2 Å². The molecule has 0 radical (unpaired) electrons. The molecule has 15 heteroatoms. The smallest absolute Gasteiger partial charge is 0.259 e. The molecule has 1 aliphatic heterocycles. The fourth-order valence-electron chi connectivity index (χ4n) is 6.29. The van der Waals surface area contributed by atoms with Gasteiger partial charge in [0, 0.05) is 64.4 Å². The maximum atomic E-state index is 14.1. The van der Waals surface area contributed by atoms with E-state index in [4.69, 9.17) is 24.9 Å². The molecule has 1 aromatic heterocycles. The van der Waals surface area contributed by atoms with Crippen LogP contribution in [-0.4, -0.2) is 112 Å². The summed E-state index contributed by atoms with van der Waals surface area (Å²) in [6.07, 6.45) is 2.94. The first-order chi connectivity index (χ1) is 24.6. The molecule has 4 N–H and O–H groups in total. The van der Waals surface area contributed by atoms with Crippen LogP contribution in [0.2, 0.25) is 0 Å². The highest BCUT2D eigenvalue weighted by Crippen LogP contribution is 2.39. The third kappa shape index (κ3) is 10.3. The van der Waals surface area contributed by atoms with Gasteiger partial charge in [0.1, 0.15) is 11.5 Å². The summed E-state index contributed by atoms with van der Waals surface area (Å²) in [5, 5.41) is 3.20. The van der Waals surface area contributed by atoms with Gasteiger partial charge in [-0.3, -0.25) is 14.4 Å². The highest BCUT2D eigenvalue weighted by molar-refractivity contribution is 6.15. The zero-order valence-electron chi connectivity index (χ0n) is 31.0. The number of carbonyl (C=O) groups excluding carboxylic acids is 3. The Morgan fingerprint density at radius 2 is 1.72 bits per heavy atom. The summed E-state index contributed by atoms with van der Waals surface area (Å²) in [5.74, 6) is 0.259. The van der Waals surface area contributed by atoms with Crippen molar-refractivity contribution in [2.24, 2.45) is 5.73 Å². The normalized spacial score (nSPS) is 12.8. The maximum Gasteiger partial charge on any atom is 0.259 e. The minimum atomic E-state index is -0.798. The Morgan fingerprint density at radius 3 is 2.42 bits per heavy atom. The number of benzene rings is 3. The highest BCUT2D eigenvalue weighted by atomic mass is 35.5. The van der Waals surface area contributed by atoms with Gasteiger partial charge in [-0.2, -0.15) is 0 Å². The molecule has 1 aliphatic rings. The number of ether oxygens (including phenoxy) is 3. The van der Waals surface area contributed by atoms with Crippen LogP contribution >= 0.6 is 24.8 Å². The van der Waals surface area contributed by atoms with Gasteiger partial charge in [-0.25, -0.2) is 4.98 Å². The van der Waals surface area contributed by atoms with Crippen LogP contribution in [0.15, 0.2) is 48.5 Å². The summed E-state index contributed by atoms with van der Waals surface area (Å²) < 4.78 is 17.1. The number of halogens is 2. The number of aromatic amines is 1. The molecule has 1 fully saturated rings. The minimum Gasteiger partial charge on any atom is -0.495 e. The Labute approximate surface area is 323 Å². The number of aryl methyl sites for hydroxylation is 1. The van der Waals surface area contributed by atoms with Crippen molar-refractivity contribution in [3.05, 3.63) is 65.2 Å². The van der Waals surface area contributed by atoms with E-state index in [0.29, 0.717) is 60.2 Å². The zero-order valence-corrected chi connectivity index (χ0v) is 32.7. The largest absolute Gasteiger partial charge is 0.495 e. The number of aromatic nitrogens is 2. The minimum absolute atomic E-state index is 0. The Morgan fingerprint density at radius 1 is 0.962 bits per heavy atom. The van der Waals surface area contributed by atoms with Crippen molar-refractivity contribution < 1.29 is 28.6 Å². The van der Waals surface area contributed by atoms with Gasteiger partial charge >= 0.3 is 0 Å². The summed E-state index contributed by atoms with van der Waals surface area (Å²) in [7, 11) is 6.79. The van der Waals surface area contributed by atoms with Crippen molar-refractivity contribution in [3.8, 4) is 22.6 Å². The average Bonchev–Trinajstić information content (AvgIpc) is 3.55. The summed E-state index contributed by atoms with van der Waals surface area (Å²) >= 11 is 0. The number of primary amides is 1. The van der Waals surface area contributed by atoms with Crippen molar-refractivity contribution in [2.75, 3.05) is 84.5 Å². The summed E-state index contributed by atoms with van der Waals surface area (Å²) in [6.45, 7) is 6.86. The number of piperazine rings is 1. The molecule has 0 unspecified atom stereocenters. The predicted octanol–water partition coefficient (Wildman–Crippen LogP) is 5.54. The van der Waals surface area contributed by atoms with Crippen molar-refractivity contribution in [1.29, 1.82) is 0 Å². The van der Waals surface area contributed by atoms with Gasteiger partial charge in [0.2, 0.25) is 11.9 Å². The molecule has 0 saturated carbocycles. The molecule has 0 spiro atoms. The number of unbranched alkanes of at least 4 members (excludes halogenated alkanes) is 2. The first-order valence-corrected chi connectivity index (χ1v) is 17.3. The number of nitrogens with zero attached hydrogens (tertiary/aromatic N) is 4. The standard InChI is InChI=1S/C38H49N7O6.2ClH/c1-25-13-16-30(31(24-25)51-22-8-6-7-12-32(46)45-20-18-43(2)19-21-45)44(3)37(48)28-15-14-27(35(50-5)33(28)36(39)47)26-10-9-11-29-34(26)42-38(41-29)40-17-23-49-4;;/h9-11,13-16,24H,6-8,12,17-23H2,1-5H3,(H2,39,47)(H2,40,41,42);2*1H. The average molecular weight is 773 g/mol. The fourth-order valence-corrected chi connectivity index (χ4v) is 6.29. The Kier molecular flexibility index (Phi) is 16.2. The molecule has 1 saturated heterocycles. The van der Waals surface area contributed by atoms with Gasteiger partial charge < -0.3 is 44.9 Å². The Hall–Kier alpha value is -4.56. The Balaban J connectivity index is 0.00000378. The fraction of sp³-hybridized carbons (Fsp3) is 0.421. The van der Waals surface area contributed by atoms with Crippen LogP contribution in [0.4, 0.5) is 11.6 Å². The summed E-state index contributed by atoms with van der Waals surface area (Å²) in [5.41, 5.74) is 10.2. The molecule has 4 aromatic rings. The Bertz CT molecular complexity index is 1860. The first kappa shape index (κ1) is 42.8. The van der Waals surface area contributed by atoms with Crippen LogP contribution in [0, 0.1) is 6.92 Å². The van der Waals surface area contributed by atoms with Crippen LogP contribution < -0.4 is 25.4 Å². The number of likely N-dealkylation sites (N-methyl/N-ethyl adjacent to an activating group) is 1. The third-order valence-corrected chi connectivity index (χ3v) is 9.17. The maximum absolute atomic E-state index is 14.1. The summed E-state index contributed by atoms with van der Waals surface area (Å²) in [6, 6.07) is 14.6. The molecule has 5 rings (SSSR count). The highest BCUT2D eigenvalue weighted by Gasteiger charge is 2.28. The molecule has 0 bridgehead atoms. The lowest BCUT2D eigenvalue weighted by molar-refractivity contribution is -0.132. The monoisotopic (exact) mass is 771 g/mol. The summed E-state index contributed by atoms with van der Waals surface area (Å²) in [4.78, 5) is 53.3. The SMILES string of the molecule is COCCNc1nc2c(-c3ccc(C(=O)N(C)c4ccc(C)cc4OCCCCCC(=O)N4CCN(C)CC4)c(C(N)=O)c3OC)cccc2[nH]1.Cl.Cl. The molecule has 53 heavy (non-hydrogen) atoms. The number of methoxy groups -OCH3 is 2. The van der Waals surface area contributed by atoms with E-state index in [1.165, 1.54) is 12.0 Å². The number of hydrogen-bond donors (Lipinski definition) is 3. The van der Waals surface area contributed by atoms with Crippen molar-refractivity contribution in [1.82, 2.24) is 19.8 Å². The molecule has 0 aliphatic carbocycles. The number of nitrogens with one attached hydrogen (secondary N) is 2. The van der Waals surface area contributed by atoms with Gasteiger partial charge in [-0.15, -0.1) is 24.8 Å². The molecule has 288 valence electrons. The second kappa shape index (κ2) is 20.0. The van der Waals surface area contributed by atoms with E-state index in [-0.39, 0.29) is 47.6 Å². The lowest BCUT2D eigenvalue weighted by atomic mass is 9.95. The van der Waals surface area contributed by atoms with Crippen molar-refractivity contribution >= 4 is 65.2 Å². The van der Waals surface area contributed by atoms with E-state index in [0.717, 1.165) is 56.5 Å². The molecule has 13 nitrogen and oxygen atoms in total. The van der Waals surface area contributed by atoms with E-state index in [1.54, 1.807) is 26.3 Å². The number of nitrogens with two attached hydrogens (primary N) is 1. The first-order valence-electron chi connectivity index (χ1n) is 17.3. The zero-order chi connectivity index (χ0) is 36.5. The molecule has 2 heterocycles. The van der Waals surface area contributed by atoms with Gasteiger partial charge in [0.25, 0.3) is 11.8 Å². The van der Waals surface area contributed by atoms with Crippen LogP contribution in [0.1, 0.15) is 52.0 Å². The number of hydrogen-bond acceptors (Lipinski definition) is 9. The number of imidazole rings is 1. The van der Waals surface area contributed by atoms with Crippen LogP contribution in [0.3, 0.4) is 0 Å². The molecule has 0 atom stereocenters. The van der Waals surface area contributed by atoms with Gasteiger partial charge in [0.05, 0.1) is 48.2 Å². The number of amides is 3. The van der Waals surface area contributed by atoms with Crippen LogP contribution in [-0.2, 0) is 9.53 Å². The number of carbonyl (C=O) groups is 3. The number of para-hydroxylation sites is 1. The molecular formula is C38H51Cl2N7O6. The van der Waals surface area contributed by atoms with E-state index >= 15 is 0 Å². The quantitative estimate of drug-likeness (QED) is 0.125. The van der Waals surface area contributed by atoms with Crippen LogP contribution in [0.25, 0.3) is 22.2 Å². The number of fused-ring (bicyclic) bond motifs is 1. The van der Waals surface area contributed by atoms with E-state index in [1.807, 2.05) is 48.2 Å². The van der Waals surface area contributed by atoms with Crippen LogP contribution in [0.5, 0.6) is 11.5 Å². The molecule has 3 aromatic carbocycles. The van der Waals surface area contributed by atoms with E-state index < -0.39 is 11.8 Å².